The average molecular weight is 384 g/mol. The van der Waals surface area contributed by atoms with E-state index < -0.39 is 0 Å². The first kappa shape index (κ1) is 21.0. The van der Waals surface area contributed by atoms with Gasteiger partial charge in [0.1, 0.15) is 6.61 Å². The van der Waals surface area contributed by atoms with E-state index in [2.05, 4.69) is 13.0 Å². The van der Waals surface area contributed by atoms with Crippen LogP contribution in [0.3, 0.4) is 0 Å². The molecule has 2 unspecified atom stereocenters. The van der Waals surface area contributed by atoms with E-state index >= 15 is 0 Å². The van der Waals surface area contributed by atoms with E-state index in [0.29, 0.717) is 12.6 Å². The number of nitrogens with zero attached hydrogens (tertiary/aromatic N) is 1. The van der Waals surface area contributed by atoms with Crippen molar-refractivity contribution in [1.29, 1.82) is 0 Å². The molecule has 2 bridgehead atoms. The molecule has 3 nitrogen and oxygen atoms in total. The Morgan fingerprint density at radius 3 is 2.43 bits per heavy atom. The van der Waals surface area contributed by atoms with Crippen molar-refractivity contribution in [1.82, 2.24) is 4.90 Å². The van der Waals surface area contributed by atoms with Crippen LogP contribution >= 0.6 is 0 Å². The normalized spacial score (nSPS) is 20.9. The van der Waals surface area contributed by atoms with Gasteiger partial charge in [0, 0.05) is 6.04 Å². The van der Waals surface area contributed by atoms with Crippen molar-refractivity contribution in [3.8, 4) is 0 Å². The fraction of sp³-hybridized carbons (Fsp3) is 0.640. The minimum absolute atomic E-state index is 0.140. The highest BCUT2D eigenvalue weighted by Crippen LogP contribution is 2.37. The van der Waals surface area contributed by atoms with Crippen molar-refractivity contribution in [3.63, 3.8) is 0 Å². The van der Waals surface area contributed by atoms with E-state index in [1.807, 2.05) is 35.2 Å². The van der Waals surface area contributed by atoms with Crippen LogP contribution in [-0.4, -0.2) is 23.1 Å². The molecule has 0 aliphatic carbocycles. The first-order valence-corrected chi connectivity index (χ1v) is 11.5. The lowest BCUT2D eigenvalue weighted by Gasteiger charge is -2.33. The lowest BCUT2D eigenvalue weighted by atomic mass is 9.96. The zero-order valence-electron chi connectivity index (χ0n) is 17.6. The Labute approximate surface area is 171 Å². The predicted molar refractivity (Wildman–Crippen MR) is 115 cm³/mol. The predicted octanol–water partition coefficient (Wildman–Crippen LogP) is 7.02. The second-order valence-electron chi connectivity index (χ2n) is 8.50. The first-order chi connectivity index (χ1) is 13.8. The number of benzene rings is 1. The van der Waals surface area contributed by atoms with Crippen LogP contribution in [0.15, 0.2) is 42.0 Å². The number of amides is 1. The lowest BCUT2D eigenvalue weighted by Crippen LogP contribution is -2.43. The van der Waals surface area contributed by atoms with E-state index in [4.69, 9.17) is 4.74 Å². The minimum Gasteiger partial charge on any atom is -0.445 e. The fourth-order valence-corrected chi connectivity index (χ4v) is 4.67. The van der Waals surface area contributed by atoms with Gasteiger partial charge in [0.25, 0.3) is 0 Å². The van der Waals surface area contributed by atoms with Gasteiger partial charge in [0.2, 0.25) is 0 Å². The summed E-state index contributed by atoms with van der Waals surface area (Å²) in [5.41, 5.74) is 2.62. The van der Waals surface area contributed by atoms with Crippen molar-refractivity contribution < 1.29 is 9.53 Å². The topological polar surface area (TPSA) is 29.5 Å². The number of fused-ring (bicyclic) bond motifs is 2. The van der Waals surface area contributed by atoms with Crippen LogP contribution in [-0.2, 0) is 11.3 Å². The number of carbonyl (C=O) groups is 1. The molecule has 28 heavy (non-hydrogen) atoms. The molecule has 1 fully saturated rings. The van der Waals surface area contributed by atoms with Gasteiger partial charge in [-0.15, -0.1) is 0 Å². The number of hydrogen-bond acceptors (Lipinski definition) is 2. The van der Waals surface area contributed by atoms with Crippen molar-refractivity contribution in [2.75, 3.05) is 0 Å². The molecule has 1 aromatic carbocycles. The maximum atomic E-state index is 12.6. The minimum atomic E-state index is -0.140. The van der Waals surface area contributed by atoms with Crippen molar-refractivity contribution in [3.05, 3.63) is 47.5 Å². The van der Waals surface area contributed by atoms with Gasteiger partial charge < -0.3 is 4.74 Å². The number of hydrogen-bond donors (Lipinski definition) is 0. The molecule has 1 amide bonds. The van der Waals surface area contributed by atoms with Crippen molar-refractivity contribution in [2.45, 2.75) is 103 Å². The zero-order chi connectivity index (χ0) is 19.6. The first-order valence-electron chi connectivity index (χ1n) is 11.5. The van der Waals surface area contributed by atoms with Gasteiger partial charge in [-0.1, -0.05) is 93.9 Å². The van der Waals surface area contributed by atoms with Crippen LogP contribution in [0.4, 0.5) is 4.79 Å². The molecule has 0 spiro atoms. The summed E-state index contributed by atoms with van der Waals surface area (Å²) in [4.78, 5) is 14.6. The summed E-state index contributed by atoms with van der Waals surface area (Å²) in [6.45, 7) is 2.64. The van der Waals surface area contributed by atoms with Gasteiger partial charge >= 0.3 is 6.09 Å². The number of ether oxygens (including phenoxy) is 1. The number of carbonyl (C=O) groups excluding carboxylic acids is 1. The van der Waals surface area contributed by atoms with Crippen LogP contribution in [0.2, 0.25) is 0 Å². The summed E-state index contributed by atoms with van der Waals surface area (Å²) in [5.74, 6) is 0. The van der Waals surface area contributed by atoms with Crippen LogP contribution < -0.4 is 0 Å². The van der Waals surface area contributed by atoms with E-state index in [1.165, 1.54) is 57.8 Å². The standard InChI is InChI=1S/C25H37NO2/c1-2-3-4-5-6-7-8-10-15-22-18-23-16-17-24(19-22)26(23)25(27)28-20-21-13-11-9-12-14-21/h9,11-14,18,23-24H,2-8,10,15-17,19-20H2,1H3. The molecule has 2 aliphatic rings. The third kappa shape index (κ3) is 6.12. The molecular formula is C25H37NO2. The zero-order valence-corrected chi connectivity index (χ0v) is 17.6. The summed E-state index contributed by atoms with van der Waals surface area (Å²) in [7, 11) is 0. The Bertz CT molecular complexity index is 625. The molecule has 2 aliphatic heterocycles. The highest BCUT2D eigenvalue weighted by atomic mass is 16.6. The maximum Gasteiger partial charge on any atom is 0.410 e. The van der Waals surface area contributed by atoms with Gasteiger partial charge in [-0.25, -0.2) is 4.79 Å². The Balaban J connectivity index is 1.37. The summed E-state index contributed by atoms with van der Waals surface area (Å²) >= 11 is 0. The second-order valence-corrected chi connectivity index (χ2v) is 8.50. The Morgan fingerprint density at radius 1 is 1.00 bits per heavy atom. The van der Waals surface area contributed by atoms with Crippen LogP contribution in [0.5, 0.6) is 0 Å². The second kappa shape index (κ2) is 11.3. The van der Waals surface area contributed by atoms with Crippen LogP contribution in [0, 0.1) is 0 Å². The van der Waals surface area contributed by atoms with Crippen LogP contribution in [0.25, 0.3) is 0 Å². The fourth-order valence-electron chi connectivity index (χ4n) is 4.67. The molecule has 2 heterocycles. The number of rotatable bonds is 11. The molecule has 1 aromatic rings. The monoisotopic (exact) mass is 383 g/mol. The highest BCUT2D eigenvalue weighted by Gasteiger charge is 2.40. The summed E-state index contributed by atoms with van der Waals surface area (Å²) in [6, 6.07) is 10.5. The Morgan fingerprint density at radius 2 is 1.71 bits per heavy atom. The third-order valence-electron chi connectivity index (χ3n) is 6.24. The van der Waals surface area contributed by atoms with Crippen molar-refractivity contribution in [2.24, 2.45) is 0 Å². The molecule has 0 radical (unpaired) electrons. The van der Waals surface area contributed by atoms with Gasteiger partial charge in [0.05, 0.1) is 6.04 Å². The molecule has 1 saturated heterocycles. The summed E-state index contributed by atoms with van der Waals surface area (Å²) < 4.78 is 5.59. The van der Waals surface area contributed by atoms with Gasteiger partial charge in [0.15, 0.2) is 0 Å². The smallest absolute Gasteiger partial charge is 0.410 e. The molecule has 0 aromatic heterocycles. The van der Waals surface area contributed by atoms with Gasteiger partial charge in [-0.3, -0.25) is 4.90 Å². The third-order valence-corrected chi connectivity index (χ3v) is 6.24. The molecule has 3 rings (SSSR count). The van der Waals surface area contributed by atoms with E-state index in [9.17, 15) is 4.79 Å². The Kier molecular flexibility index (Phi) is 8.44. The number of unbranched alkanes of at least 4 members (excludes halogenated alkanes) is 7. The molecule has 2 atom stereocenters. The summed E-state index contributed by atoms with van der Waals surface area (Å²) in [5, 5.41) is 0. The van der Waals surface area contributed by atoms with Gasteiger partial charge in [-0.2, -0.15) is 0 Å². The molecule has 154 valence electrons. The molecule has 3 heteroatoms. The lowest BCUT2D eigenvalue weighted by molar-refractivity contribution is 0.0814. The van der Waals surface area contributed by atoms with E-state index in [0.717, 1.165) is 24.8 Å². The van der Waals surface area contributed by atoms with Crippen LogP contribution in [0.1, 0.15) is 89.5 Å². The average Bonchev–Trinajstić information content (AvgIpc) is 2.99. The van der Waals surface area contributed by atoms with E-state index in [-0.39, 0.29) is 12.1 Å². The van der Waals surface area contributed by atoms with Crippen molar-refractivity contribution >= 4 is 6.09 Å². The van der Waals surface area contributed by atoms with Gasteiger partial charge in [-0.05, 0) is 37.7 Å². The molecule has 0 saturated carbocycles. The quantitative estimate of drug-likeness (QED) is 0.303. The Hall–Kier alpha value is -1.77. The molecule has 0 N–H and O–H groups in total. The maximum absolute atomic E-state index is 12.6. The highest BCUT2D eigenvalue weighted by molar-refractivity contribution is 5.70. The largest absolute Gasteiger partial charge is 0.445 e. The summed E-state index contributed by atoms with van der Waals surface area (Å²) in [6.07, 6.45) is 17.6. The molecular weight excluding hydrogens is 346 g/mol. The SMILES string of the molecule is CCCCCCCCCCC1=CC2CCC(C1)N2C(=O)OCc1ccccc1. The van der Waals surface area contributed by atoms with E-state index in [1.54, 1.807) is 5.57 Å².